The molecule has 1 aromatic rings. The van der Waals surface area contributed by atoms with Crippen molar-refractivity contribution in [3.8, 4) is 0 Å². The standard InChI is InChI=1S/C16H15NO2/c1-3-13(19-4-2)10-15-16(18)11-14(17-15)12-8-6-5-7-9-12/h3-10H,2,11H2,1H3/b13-3-,15-10-. The summed E-state index contributed by atoms with van der Waals surface area (Å²) in [7, 11) is 0. The Morgan fingerprint density at radius 1 is 1.37 bits per heavy atom. The summed E-state index contributed by atoms with van der Waals surface area (Å²) in [6.45, 7) is 5.32. The number of ether oxygens (including phenoxy) is 1. The summed E-state index contributed by atoms with van der Waals surface area (Å²) in [5.41, 5.74) is 2.20. The van der Waals surface area contributed by atoms with E-state index in [0.29, 0.717) is 17.9 Å². The van der Waals surface area contributed by atoms with Crippen molar-refractivity contribution in [3.05, 3.63) is 72.3 Å². The Hall–Kier alpha value is -2.42. The van der Waals surface area contributed by atoms with Crippen LogP contribution in [0.25, 0.3) is 0 Å². The fraction of sp³-hybridized carbons (Fsp3) is 0.125. The highest BCUT2D eigenvalue weighted by Crippen LogP contribution is 2.20. The molecule has 96 valence electrons. The fourth-order valence-electron chi connectivity index (χ4n) is 1.82. The van der Waals surface area contributed by atoms with Gasteiger partial charge in [-0.1, -0.05) is 36.9 Å². The Bertz CT molecular complexity index is 580. The number of carbonyl (C=O) groups excluding carboxylic acids is 1. The van der Waals surface area contributed by atoms with E-state index < -0.39 is 0 Å². The van der Waals surface area contributed by atoms with Crippen LogP contribution in [-0.2, 0) is 9.53 Å². The van der Waals surface area contributed by atoms with Gasteiger partial charge >= 0.3 is 0 Å². The van der Waals surface area contributed by atoms with Gasteiger partial charge in [-0.3, -0.25) is 4.79 Å². The summed E-state index contributed by atoms with van der Waals surface area (Å²) in [5.74, 6) is 0.572. The molecule has 0 radical (unpaired) electrons. The summed E-state index contributed by atoms with van der Waals surface area (Å²) in [4.78, 5) is 16.3. The minimum Gasteiger partial charge on any atom is -0.466 e. The van der Waals surface area contributed by atoms with Gasteiger partial charge in [0.1, 0.15) is 11.5 Å². The van der Waals surface area contributed by atoms with E-state index in [0.717, 1.165) is 11.3 Å². The largest absolute Gasteiger partial charge is 0.466 e. The number of hydrogen-bond acceptors (Lipinski definition) is 3. The molecule has 0 aliphatic carbocycles. The highest BCUT2D eigenvalue weighted by molar-refractivity contribution is 6.21. The lowest BCUT2D eigenvalue weighted by Gasteiger charge is -1.99. The quantitative estimate of drug-likeness (QED) is 0.609. The lowest BCUT2D eigenvalue weighted by molar-refractivity contribution is -0.114. The molecule has 0 fully saturated rings. The number of hydrogen-bond donors (Lipinski definition) is 0. The zero-order valence-electron chi connectivity index (χ0n) is 10.8. The number of carbonyl (C=O) groups is 1. The summed E-state index contributed by atoms with van der Waals surface area (Å²) >= 11 is 0. The maximum absolute atomic E-state index is 11.9. The topological polar surface area (TPSA) is 38.7 Å². The van der Waals surface area contributed by atoms with E-state index in [2.05, 4.69) is 11.6 Å². The van der Waals surface area contributed by atoms with E-state index in [1.165, 1.54) is 6.26 Å². The van der Waals surface area contributed by atoms with E-state index in [-0.39, 0.29) is 5.78 Å². The Morgan fingerprint density at radius 3 is 2.74 bits per heavy atom. The van der Waals surface area contributed by atoms with Gasteiger partial charge in [0.2, 0.25) is 0 Å². The van der Waals surface area contributed by atoms with Gasteiger partial charge in [0, 0.05) is 6.08 Å². The van der Waals surface area contributed by atoms with Crippen molar-refractivity contribution < 1.29 is 9.53 Å². The number of ketones is 1. The molecule has 0 atom stereocenters. The van der Waals surface area contributed by atoms with Crippen LogP contribution < -0.4 is 0 Å². The summed E-state index contributed by atoms with van der Waals surface area (Å²) in [5, 5.41) is 0. The van der Waals surface area contributed by atoms with Crippen LogP contribution in [0.3, 0.4) is 0 Å². The molecule has 0 amide bonds. The molecular weight excluding hydrogens is 238 g/mol. The van der Waals surface area contributed by atoms with E-state index in [1.807, 2.05) is 37.3 Å². The van der Waals surface area contributed by atoms with E-state index in [4.69, 9.17) is 4.74 Å². The SMILES string of the molecule is C=COC(=C\C)/C=C1\N=C(c2ccccc2)CC1=O. The number of rotatable bonds is 4. The van der Waals surface area contributed by atoms with Crippen LogP contribution in [0.4, 0.5) is 0 Å². The molecule has 1 aromatic carbocycles. The van der Waals surface area contributed by atoms with Gasteiger partial charge in [0.25, 0.3) is 0 Å². The first kappa shape index (κ1) is 13.0. The molecule has 0 N–H and O–H groups in total. The molecule has 0 unspecified atom stereocenters. The number of aliphatic imine (C=N–C) groups is 1. The Kier molecular flexibility index (Phi) is 4.08. The van der Waals surface area contributed by atoms with Crippen LogP contribution in [0.2, 0.25) is 0 Å². The monoisotopic (exact) mass is 253 g/mol. The van der Waals surface area contributed by atoms with Gasteiger partial charge in [-0.25, -0.2) is 4.99 Å². The predicted octanol–water partition coefficient (Wildman–Crippen LogP) is 3.40. The first-order valence-electron chi connectivity index (χ1n) is 6.06. The zero-order valence-corrected chi connectivity index (χ0v) is 10.8. The smallest absolute Gasteiger partial charge is 0.187 e. The van der Waals surface area contributed by atoms with Crippen molar-refractivity contribution in [2.75, 3.05) is 0 Å². The van der Waals surface area contributed by atoms with Crippen LogP contribution in [0, 0.1) is 0 Å². The molecule has 2 rings (SSSR count). The molecule has 3 heteroatoms. The first-order chi connectivity index (χ1) is 9.24. The second-order valence-corrected chi connectivity index (χ2v) is 4.03. The van der Waals surface area contributed by atoms with Gasteiger partial charge in [-0.05, 0) is 18.6 Å². The average molecular weight is 253 g/mol. The Labute approximate surface area is 112 Å². The van der Waals surface area contributed by atoms with Crippen molar-refractivity contribution >= 4 is 11.5 Å². The molecule has 19 heavy (non-hydrogen) atoms. The first-order valence-corrected chi connectivity index (χ1v) is 6.06. The van der Waals surface area contributed by atoms with E-state index in [1.54, 1.807) is 12.2 Å². The van der Waals surface area contributed by atoms with Gasteiger partial charge in [-0.2, -0.15) is 0 Å². The summed E-state index contributed by atoms with van der Waals surface area (Å²) in [6, 6.07) is 9.70. The molecule has 0 saturated heterocycles. The highest BCUT2D eigenvalue weighted by atomic mass is 16.5. The molecule has 3 nitrogen and oxygen atoms in total. The molecule has 0 aromatic heterocycles. The van der Waals surface area contributed by atoms with E-state index >= 15 is 0 Å². The van der Waals surface area contributed by atoms with Crippen LogP contribution in [0.1, 0.15) is 18.9 Å². The fourth-order valence-corrected chi connectivity index (χ4v) is 1.82. The number of allylic oxidation sites excluding steroid dienone is 3. The van der Waals surface area contributed by atoms with Crippen molar-refractivity contribution in [1.29, 1.82) is 0 Å². The van der Waals surface area contributed by atoms with Crippen LogP contribution >= 0.6 is 0 Å². The number of benzene rings is 1. The number of nitrogens with zero attached hydrogens (tertiary/aromatic N) is 1. The third-order valence-electron chi connectivity index (χ3n) is 2.76. The van der Waals surface area contributed by atoms with Crippen molar-refractivity contribution in [1.82, 2.24) is 0 Å². The maximum atomic E-state index is 11.9. The van der Waals surface area contributed by atoms with E-state index in [9.17, 15) is 4.79 Å². The second kappa shape index (κ2) is 5.96. The van der Waals surface area contributed by atoms with Gasteiger partial charge in [0.05, 0.1) is 18.4 Å². The molecular formula is C16H15NO2. The molecule has 1 aliphatic heterocycles. The lowest BCUT2D eigenvalue weighted by Crippen LogP contribution is -2.00. The van der Waals surface area contributed by atoms with Gasteiger partial charge in [0.15, 0.2) is 5.78 Å². The third kappa shape index (κ3) is 3.07. The van der Waals surface area contributed by atoms with Gasteiger partial charge < -0.3 is 4.74 Å². The highest BCUT2D eigenvalue weighted by Gasteiger charge is 2.22. The molecule has 0 saturated carbocycles. The summed E-state index contributed by atoms with van der Waals surface area (Å²) < 4.78 is 5.17. The van der Waals surface area contributed by atoms with Gasteiger partial charge in [-0.15, -0.1) is 0 Å². The van der Waals surface area contributed by atoms with Crippen molar-refractivity contribution in [2.45, 2.75) is 13.3 Å². The van der Waals surface area contributed by atoms with Crippen LogP contribution in [0.5, 0.6) is 0 Å². The Morgan fingerprint density at radius 2 is 2.11 bits per heavy atom. The molecule has 1 aliphatic rings. The summed E-state index contributed by atoms with van der Waals surface area (Å²) in [6.07, 6.45) is 5.06. The predicted molar refractivity (Wildman–Crippen MR) is 75.7 cm³/mol. The van der Waals surface area contributed by atoms with Crippen LogP contribution in [-0.4, -0.2) is 11.5 Å². The minimum absolute atomic E-state index is 0.00543. The maximum Gasteiger partial charge on any atom is 0.187 e. The number of Topliss-reactive ketones (excluding diaryl/α,β-unsaturated/α-hetero) is 1. The lowest BCUT2D eigenvalue weighted by atomic mass is 10.1. The normalized spacial score (nSPS) is 17.5. The molecule has 0 spiro atoms. The molecule has 1 heterocycles. The second-order valence-electron chi connectivity index (χ2n) is 4.03. The Balaban J connectivity index is 2.29. The average Bonchev–Trinajstić information content (AvgIpc) is 2.80. The van der Waals surface area contributed by atoms with Crippen LogP contribution in [0.15, 0.2) is 71.8 Å². The third-order valence-corrected chi connectivity index (χ3v) is 2.76. The van der Waals surface area contributed by atoms with Crippen molar-refractivity contribution in [3.63, 3.8) is 0 Å². The molecule has 0 bridgehead atoms. The minimum atomic E-state index is 0.00543. The zero-order chi connectivity index (χ0) is 13.7. The van der Waals surface area contributed by atoms with Crippen molar-refractivity contribution in [2.24, 2.45) is 4.99 Å².